The largest absolute Gasteiger partial charge is 0.701 e. The summed E-state index contributed by atoms with van der Waals surface area (Å²) in [6.45, 7) is 4.76. The normalized spacial score (nSPS) is 17.1. The molecule has 2 aliphatic rings. The lowest BCUT2D eigenvalue weighted by Crippen LogP contribution is -2.38. The molecule has 12 heteroatoms. The van der Waals surface area contributed by atoms with E-state index < -0.39 is 44.7 Å². The third-order valence-electron chi connectivity index (χ3n) is 9.13. The molecule has 1 unspecified atom stereocenters. The van der Waals surface area contributed by atoms with Crippen molar-refractivity contribution in [2.24, 2.45) is 11.3 Å². The second kappa shape index (κ2) is 16.0. The number of H-pyrrole nitrogens is 1. The first kappa shape index (κ1) is 36.0. The van der Waals surface area contributed by atoms with Gasteiger partial charge in [0.05, 0.1) is 17.4 Å². The van der Waals surface area contributed by atoms with Crippen molar-refractivity contribution in [2.45, 2.75) is 58.6 Å². The van der Waals surface area contributed by atoms with E-state index in [-0.39, 0.29) is 18.4 Å². The highest BCUT2D eigenvalue weighted by Gasteiger charge is 2.34. The molecule has 2 amide bonds. The number of hydrogen-bond donors (Lipinski definition) is 3. The fourth-order valence-electron chi connectivity index (χ4n) is 6.59. The molecule has 1 heterocycles. The minimum absolute atomic E-state index is 0.0879. The number of fused-ring (bicyclic) bond motifs is 4. The maximum absolute atomic E-state index is 13.5. The molecule has 3 aromatic carbocycles. The zero-order chi connectivity index (χ0) is 36.0. The maximum Gasteiger partial charge on any atom is 0.701 e. The maximum atomic E-state index is 13.5. The van der Waals surface area contributed by atoms with Crippen LogP contribution in [0.1, 0.15) is 62.8 Å². The number of para-hydroxylation sites is 1. The van der Waals surface area contributed by atoms with Gasteiger partial charge in [0.1, 0.15) is 6.61 Å². The number of aromatic amines is 1. The van der Waals surface area contributed by atoms with Crippen LogP contribution in [-0.4, -0.2) is 48.9 Å². The summed E-state index contributed by atoms with van der Waals surface area (Å²) in [6, 6.07) is 22.8. The van der Waals surface area contributed by atoms with Gasteiger partial charge in [0, 0.05) is 39.3 Å². The standard InChI is InChI=1S/C39H42N3O8P/c1-39(2,3)37(44)47-24-49-51(46)48-23-27(42-38(45)50-35-32-15-6-4-13-30(32)31-14-5-7-16-33(31)35)21-25-11-10-17-29(25)36(43)40-20-19-26-22-41-34-18-9-8-12-28(26)34/h4-9,12-16,18,21-22,27,29,35,41H,10-11,17,19-20,23-24H2,1-3H3,(H-,40,42,43,45)/p+1/t27-,29-/m1/s1. The van der Waals surface area contributed by atoms with Crippen LogP contribution in [0.25, 0.3) is 22.0 Å². The summed E-state index contributed by atoms with van der Waals surface area (Å²) >= 11 is 0. The fraction of sp³-hybridized carbons (Fsp3) is 0.359. The second-order valence-electron chi connectivity index (χ2n) is 13.7. The number of ether oxygens (including phenoxy) is 2. The van der Waals surface area contributed by atoms with Crippen LogP contribution in [0.2, 0.25) is 0 Å². The lowest BCUT2D eigenvalue weighted by Gasteiger charge is -2.20. The van der Waals surface area contributed by atoms with Crippen LogP contribution < -0.4 is 10.6 Å². The molecule has 11 nitrogen and oxygen atoms in total. The number of amides is 2. The molecule has 3 atom stereocenters. The van der Waals surface area contributed by atoms with Crippen molar-refractivity contribution in [2.75, 3.05) is 19.9 Å². The lowest BCUT2D eigenvalue weighted by molar-refractivity contribution is -0.159. The van der Waals surface area contributed by atoms with Crippen LogP contribution in [0.5, 0.6) is 0 Å². The van der Waals surface area contributed by atoms with Gasteiger partial charge in [0.25, 0.3) is 0 Å². The third kappa shape index (κ3) is 8.73. The smallest absolute Gasteiger partial charge is 0.436 e. The Hall–Kier alpha value is -4.83. The van der Waals surface area contributed by atoms with Crippen LogP contribution in [0.15, 0.2) is 90.6 Å². The third-order valence-corrected chi connectivity index (χ3v) is 9.81. The number of alkyl carbamates (subject to hydrolysis) is 1. The fourth-order valence-corrected chi connectivity index (χ4v) is 7.08. The zero-order valence-electron chi connectivity index (χ0n) is 29.0. The molecule has 4 aromatic rings. The number of nitrogens with one attached hydrogen (secondary N) is 3. The highest BCUT2D eigenvalue weighted by molar-refractivity contribution is 7.33. The van der Waals surface area contributed by atoms with Gasteiger partial charge in [0.2, 0.25) is 12.7 Å². The topological polar surface area (TPSA) is 145 Å². The van der Waals surface area contributed by atoms with Gasteiger partial charge >= 0.3 is 20.3 Å². The monoisotopic (exact) mass is 712 g/mol. The Kier molecular flexibility index (Phi) is 11.3. The molecule has 51 heavy (non-hydrogen) atoms. The Bertz CT molecular complexity index is 1900. The Morgan fingerprint density at radius 2 is 1.65 bits per heavy atom. The Balaban J connectivity index is 1.12. The molecule has 3 N–H and O–H groups in total. The van der Waals surface area contributed by atoms with Gasteiger partial charge in [-0.1, -0.05) is 82.9 Å². The van der Waals surface area contributed by atoms with Gasteiger partial charge in [-0.3, -0.25) is 9.59 Å². The summed E-state index contributed by atoms with van der Waals surface area (Å²) in [4.78, 5) is 42.2. The van der Waals surface area contributed by atoms with E-state index in [1.54, 1.807) is 26.8 Å². The van der Waals surface area contributed by atoms with Gasteiger partial charge in [-0.15, -0.1) is 4.52 Å². The molecule has 0 bridgehead atoms. The summed E-state index contributed by atoms with van der Waals surface area (Å²) in [5, 5.41) is 7.07. The predicted molar refractivity (Wildman–Crippen MR) is 193 cm³/mol. The molecule has 2 aliphatic carbocycles. The Morgan fingerprint density at radius 1 is 0.961 bits per heavy atom. The molecule has 1 fully saturated rings. The van der Waals surface area contributed by atoms with Gasteiger partial charge in [-0.05, 0) is 69.2 Å². The first-order valence-corrected chi connectivity index (χ1v) is 18.3. The lowest BCUT2D eigenvalue weighted by atomic mass is 9.98. The summed E-state index contributed by atoms with van der Waals surface area (Å²) in [6.07, 6.45) is 5.23. The first-order valence-electron chi connectivity index (χ1n) is 17.2. The minimum Gasteiger partial charge on any atom is -0.436 e. The van der Waals surface area contributed by atoms with Crippen molar-refractivity contribution in [1.82, 2.24) is 15.6 Å². The number of aromatic nitrogens is 1. The Labute approximate surface area is 298 Å². The van der Waals surface area contributed by atoms with Crippen molar-refractivity contribution < 1.29 is 37.5 Å². The van der Waals surface area contributed by atoms with Crippen LogP contribution in [-0.2, 0) is 39.1 Å². The van der Waals surface area contributed by atoms with Crippen molar-refractivity contribution in [3.63, 3.8) is 0 Å². The average molecular weight is 713 g/mol. The van der Waals surface area contributed by atoms with E-state index in [1.165, 1.54) is 0 Å². The molecule has 266 valence electrons. The van der Waals surface area contributed by atoms with E-state index in [1.807, 2.05) is 72.9 Å². The van der Waals surface area contributed by atoms with E-state index in [2.05, 4.69) is 21.7 Å². The number of esters is 1. The highest BCUT2D eigenvalue weighted by atomic mass is 31.1. The summed E-state index contributed by atoms with van der Waals surface area (Å²) < 4.78 is 34.2. The predicted octanol–water partition coefficient (Wildman–Crippen LogP) is 7.66. The van der Waals surface area contributed by atoms with E-state index in [0.717, 1.165) is 50.7 Å². The second-order valence-corrected chi connectivity index (χ2v) is 14.7. The van der Waals surface area contributed by atoms with Crippen LogP contribution >= 0.6 is 8.25 Å². The van der Waals surface area contributed by atoms with E-state index in [9.17, 15) is 18.9 Å². The van der Waals surface area contributed by atoms with Gasteiger partial charge in [-0.2, -0.15) is 0 Å². The molecule has 0 aliphatic heterocycles. The molecule has 1 saturated carbocycles. The number of benzene rings is 3. The molecule has 0 saturated heterocycles. The van der Waals surface area contributed by atoms with Crippen LogP contribution in [0.4, 0.5) is 4.79 Å². The highest BCUT2D eigenvalue weighted by Crippen LogP contribution is 2.45. The van der Waals surface area contributed by atoms with E-state index in [4.69, 9.17) is 18.5 Å². The van der Waals surface area contributed by atoms with Gasteiger partial charge in [0.15, 0.2) is 6.10 Å². The van der Waals surface area contributed by atoms with Crippen LogP contribution in [0, 0.1) is 11.3 Å². The van der Waals surface area contributed by atoms with Crippen LogP contribution in [0.3, 0.4) is 0 Å². The number of carbonyl (C=O) groups excluding carboxylic acids is 3. The van der Waals surface area contributed by atoms with Crippen molar-refractivity contribution >= 4 is 37.1 Å². The van der Waals surface area contributed by atoms with Gasteiger partial charge < -0.3 is 25.1 Å². The number of hydrogen-bond acceptors (Lipinski definition) is 8. The summed E-state index contributed by atoms with van der Waals surface area (Å²) in [5.74, 6) is -0.987. The summed E-state index contributed by atoms with van der Waals surface area (Å²) in [5.41, 5.74) is 6.03. The molecule has 0 radical (unpaired) electrons. The molecule has 6 rings (SSSR count). The van der Waals surface area contributed by atoms with Crippen molar-refractivity contribution in [3.05, 3.63) is 107 Å². The molecule has 1 aromatic heterocycles. The number of carbonyl (C=O) groups is 3. The summed E-state index contributed by atoms with van der Waals surface area (Å²) in [7, 11) is -2.70. The quantitative estimate of drug-likeness (QED) is 0.0555. The molecular formula is C39H43N3O8P+. The Morgan fingerprint density at radius 3 is 2.37 bits per heavy atom. The first-order chi connectivity index (χ1) is 24.6. The van der Waals surface area contributed by atoms with Crippen molar-refractivity contribution in [1.29, 1.82) is 0 Å². The number of rotatable bonds is 13. The van der Waals surface area contributed by atoms with E-state index >= 15 is 0 Å². The average Bonchev–Trinajstić information content (AvgIpc) is 3.83. The van der Waals surface area contributed by atoms with Crippen molar-refractivity contribution in [3.8, 4) is 11.1 Å². The molecule has 0 spiro atoms. The van der Waals surface area contributed by atoms with E-state index in [0.29, 0.717) is 25.8 Å². The zero-order valence-corrected chi connectivity index (χ0v) is 29.9. The SMILES string of the molecule is CC(C)(C)C(=O)OCO[P+](=O)OC[C@@H](C=C1CCC[C@H]1C(=O)NCCc1c[nH]c2ccccc12)NC(=O)OC1c2ccccc2-c2ccccc21. The minimum atomic E-state index is -2.70. The molecular weight excluding hydrogens is 669 g/mol. The van der Waals surface area contributed by atoms with Gasteiger partial charge in [-0.25, -0.2) is 4.79 Å².